The molecule has 1 aliphatic rings. The minimum Gasteiger partial charge on any atom is -0.294 e. The zero-order chi connectivity index (χ0) is 10.4. The van der Waals surface area contributed by atoms with E-state index < -0.39 is 0 Å². The molecule has 0 spiro atoms. The summed E-state index contributed by atoms with van der Waals surface area (Å²) in [5.41, 5.74) is 1.44. The number of allylic oxidation sites excluding steroid dienone is 4. The van der Waals surface area contributed by atoms with Crippen LogP contribution in [0.25, 0.3) is 0 Å². The van der Waals surface area contributed by atoms with Gasteiger partial charge < -0.3 is 0 Å². The Balaban J connectivity index is 2.53. The van der Waals surface area contributed by atoms with Gasteiger partial charge >= 0.3 is 0 Å². The minimum absolute atomic E-state index is 0.533. The maximum atomic E-state index is 2.46. The lowest BCUT2D eigenvalue weighted by atomic mass is 10.2. The largest absolute Gasteiger partial charge is 0.294 e. The first kappa shape index (κ1) is 11.3. The van der Waals surface area contributed by atoms with Gasteiger partial charge in [0.2, 0.25) is 0 Å². The second-order valence-electron chi connectivity index (χ2n) is 3.59. The molecule has 1 rings (SSSR count). The molecule has 0 saturated carbocycles. The molecule has 0 aromatic heterocycles. The highest BCUT2D eigenvalue weighted by molar-refractivity contribution is 5.33. The number of hydrogen-bond donors (Lipinski definition) is 0. The Morgan fingerprint density at radius 3 is 2.64 bits per heavy atom. The van der Waals surface area contributed by atoms with Crippen LogP contribution < -0.4 is 0 Å². The summed E-state index contributed by atoms with van der Waals surface area (Å²) in [6.45, 7) is 8.75. The third kappa shape index (κ3) is 2.85. The van der Waals surface area contributed by atoms with Gasteiger partial charge in [0.1, 0.15) is 0 Å². The SMILES string of the molecule is C/C=C/CC1=CC(N(CC)CC)C=C1. The molecule has 0 radical (unpaired) electrons. The Morgan fingerprint density at radius 1 is 1.36 bits per heavy atom. The van der Waals surface area contributed by atoms with Crippen LogP contribution in [0.1, 0.15) is 27.2 Å². The van der Waals surface area contributed by atoms with E-state index in [0.29, 0.717) is 6.04 Å². The monoisotopic (exact) mass is 191 g/mol. The Hall–Kier alpha value is -0.820. The smallest absolute Gasteiger partial charge is 0.0470 e. The average Bonchev–Trinajstić information content (AvgIpc) is 2.65. The molecule has 0 aliphatic heterocycles. The summed E-state index contributed by atoms with van der Waals surface area (Å²) in [6, 6.07) is 0.533. The van der Waals surface area contributed by atoms with Gasteiger partial charge in [-0.15, -0.1) is 0 Å². The molecule has 14 heavy (non-hydrogen) atoms. The first-order valence-electron chi connectivity index (χ1n) is 5.55. The minimum atomic E-state index is 0.533. The van der Waals surface area contributed by atoms with Gasteiger partial charge in [-0.3, -0.25) is 4.90 Å². The molecule has 1 nitrogen and oxygen atoms in total. The summed E-state index contributed by atoms with van der Waals surface area (Å²) < 4.78 is 0. The maximum Gasteiger partial charge on any atom is 0.0470 e. The summed E-state index contributed by atoms with van der Waals surface area (Å²) in [5.74, 6) is 0. The van der Waals surface area contributed by atoms with Crippen LogP contribution in [0.5, 0.6) is 0 Å². The fourth-order valence-electron chi connectivity index (χ4n) is 1.82. The van der Waals surface area contributed by atoms with Crippen LogP contribution in [-0.2, 0) is 0 Å². The summed E-state index contributed by atoms with van der Waals surface area (Å²) in [6.07, 6.45) is 12.3. The van der Waals surface area contributed by atoms with Crippen molar-refractivity contribution in [1.82, 2.24) is 4.90 Å². The Labute approximate surface area is 87.8 Å². The summed E-state index contributed by atoms with van der Waals surface area (Å²) in [7, 11) is 0. The van der Waals surface area contributed by atoms with Crippen LogP contribution in [0.4, 0.5) is 0 Å². The molecule has 0 bridgehead atoms. The molecule has 0 heterocycles. The first-order chi connectivity index (χ1) is 6.81. The van der Waals surface area contributed by atoms with Gasteiger partial charge in [-0.1, -0.05) is 44.2 Å². The third-order valence-corrected chi connectivity index (χ3v) is 2.72. The van der Waals surface area contributed by atoms with E-state index in [1.807, 2.05) is 0 Å². The number of hydrogen-bond acceptors (Lipinski definition) is 1. The van der Waals surface area contributed by atoms with Gasteiger partial charge in [-0.05, 0) is 32.0 Å². The van der Waals surface area contributed by atoms with Crippen LogP contribution in [0.15, 0.2) is 36.0 Å². The molecule has 0 N–H and O–H groups in total. The van der Waals surface area contributed by atoms with Gasteiger partial charge in [0, 0.05) is 6.04 Å². The second-order valence-corrected chi connectivity index (χ2v) is 3.59. The van der Waals surface area contributed by atoms with Crippen LogP contribution in [0, 0.1) is 0 Å². The van der Waals surface area contributed by atoms with Crippen LogP contribution >= 0.6 is 0 Å². The highest BCUT2D eigenvalue weighted by Gasteiger charge is 2.13. The van der Waals surface area contributed by atoms with Gasteiger partial charge in [-0.2, -0.15) is 0 Å². The molecule has 0 amide bonds. The number of likely N-dealkylation sites (N-methyl/N-ethyl adjacent to an activating group) is 1. The molecule has 1 heteroatoms. The Kier molecular flexibility index (Phi) is 4.68. The van der Waals surface area contributed by atoms with Gasteiger partial charge in [0.15, 0.2) is 0 Å². The molecule has 0 aromatic carbocycles. The van der Waals surface area contributed by atoms with E-state index in [4.69, 9.17) is 0 Å². The highest BCUT2D eigenvalue weighted by Crippen LogP contribution is 2.18. The van der Waals surface area contributed by atoms with Crippen LogP contribution in [0.3, 0.4) is 0 Å². The molecular formula is C13H21N. The lowest BCUT2D eigenvalue weighted by Gasteiger charge is -2.22. The maximum absolute atomic E-state index is 2.46. The van der Waals surface area contributed by atoms with E-state index in [2.05, 4.69) is 56.1 Å². The van der Waals surface area contributed by atoms with E-state index >= 15 is 0 Å². The molecule has 1 unspecified atom stereocenters. The summed E-state index contributed by atoms with van der Waals surface area (Å²) in [5, 5.41) is 0. The Morgan fingerprint density at radius 2 is 2.07 bits per heavy atom. The topological polar surface area (TPSA) is 3.24 Å². The van der Waals surface area contributed by atoms with E-state index in [-0.39, 0.29) is 0 Å². The quantitative estimate of drug-likeness (QED) is 0.603. The lowest BCUT2D eigenvalue weighted by Crippen LogP contribution is -2.31. The lowest BCUT2D eigenvalue weighted by molar-refractivity contribution is 0.290. The van der Waals surface area contributed by atoms with Gasteiger partial charge in [0.25, 0.3) is 0 Å². The molecule has 0 saturated heterocycles. The highest BCUT2D eigenvalue weighted by atomic mass is 15.1. The van der Waals surface area contributed by atoms with E-state index in [1.165, 1.54) is 5.57 Å². The zero-order valence-electron chi connectivity index (χ0n) is 9.53. The van der Waals surface area contributed by atoms with Crippen LogP contribution in [0.2, 0.25) is 0 Å². The molecule has 0 fully saturated rings. The average molecular weight is 191 g/mol. The van der Waals surface area contributed by atoms with Gasteiger partial charge in [-0.25, -0.2) is 0 Å². The summed E-state index contributed by atoms with van der Waals surface area (Å²) in [4.78, 5) is 2.46. The van der Waals surface area contributed by atoms with Crippen molar-refractivity contribution in [2.75, 3.05) is 13.1 Å². The van der Waals surface area contributed by atoms with Crippen LogP contribution in [-0.4, -0.2) is 24.0 Å². The third-order valence-electron chi connectivity index (χ3n) is 2.72. The van der Waals surface area contributed by atoms with Crippen molar-refractivity contribution >= 4 is 0 Å². The predicted molar refractivity (Wildman–Crippen MR) is 63.4 cm³/mol. The fourth-order valence-corrected chi connectivity index (χ4v) is 1.82. The van der Waals surface area contributed by atoms with Crippen molar-refractivity contribution in [2.24, 2.45) is 0 Å². The molecule has 0 aromatic rings. The van der Waals surface area contributed by atoms with Gasteiger partial charge in [0.05, 0.1) is 0 Å². The number of nitrogens with zero attached hydrogens (tertiary/aromatic N) is 1. The molecule has 78 valence electrons. The van der Waals surface area contributed by atoms with Crippen molar-refractivity contribution in [3.63, 3.8) is 0 Å². The van der Waals surface area contributed by atoms with E-state index in [1.54, 1.807) is 0 Å². The fraction of sp³-hybridized carbons (Fsp3) is 0.538. The van der Waals surface area contributed by atoms with E-state index in [9.17, 15) is 0 Å². The molecular weight excluding hydrogens is 170 g/mol. The van der Waals surface area contributed by atoms with Crippen molar-refractivity contribution in [2.45, 2.75) is 33.2 Å². The van der Waals surface area contributed by atoms with E-state index in [0.717, 1.165) is 19.5 Å². The van der Waals surface area contributed by atoms with Crippen molar-refractivity contribution in [3.05, 3.63) is 36.0 Å². The molecule has 1 atom stereocenters. The standard InChI is InChI=1S/C13H21N/c1-4-7-8-12-9-10-13(11-12)14(5-2)6-3/h4,7,9-11,13H,5-6,8H2,1-3H3/b7-4+. The normalized spacial score (nSPS) is 21.1. The predicted octanol–water partition coefficient (Wildman–Crippen LogP) is 3.16. The van der Waals surface area contributed by atoms with Crippen molar-refractivity contribution in [3.8, 4) is 0 Å². The summed E-state index contributed by atoms with van der Waals surface area (Å²) >= 11 is 0. The second kappa shape index (κ2) is 5.82. The number of rotatable bonds is 5. The molecule has 1 aliphatic carbocycles. The first-order valence-corrected chi connectivity index (χ1v) is 5.55. The van der Waals surface area contributed by atoms with Crippen molar-refractivity contribution < 1.29 is 0 Å². The Bertz CT molecular complexity index is 244. The van der Waals surface area contributed by atoms with Crippen molar-refractivity contribution in [1.29, 1.82) is 0 Å². The zero-order valence-corrected chi connectivity index (χ0v) is 9.53.